The number of halogens is 12. The van der Waals surface area contributed by atoms with Gasteiger partial charge in [-0.3, -0.25) is 0 Å². The summed E-state index contributed by atoms with van der Waals surface area (Å²) in [4.78, 5) is 0. The second-order valence-electron chi connectivity index (χ2n) is 6.78. The number of alkyl halides is 6. The standard InChI is InChI=1S/C20H8F12N2O2/c21-5-1-3-7(11(23)15(5)33)35-17-9(19(27,28)29)13(25)10(20(30,31)32)18(14(17)26)36-8-4-2-6(22)16(34)12(8)24/h1-4H,33-34H2. The van der Waals surface area contributed by atoms with Crippen molar-refractivity contribution in [3.63, 3.8) is 0 Å². The molecule has 0 unspecified atom stereocenters. The third kappa shape index (κ3) is 4.61. The van der Waals surface area contributed by atoms with Crippen LogP contribution in [-0.2, 0) is 12.4 Å². The van der Waals surface area contributed by atoms with Crippen LogP contribution in [0.4, 0.5) is 64.1 Å². The second kappa shape index (κ2) is 8.91. The molecule has 0 spiro atoms. The van der Waals surface area contributed by atoms with Crippen LogP contribution < -0.4 is 20.9 Å². The van der Waals surface area contributed by atoms with Crippen molar-refractivity contribution in [3.8, 4) is 23.0 Å². The zero-order chi connectivity index (χ0) is 27.3. The Labute approximate surface area is 191 Å². The minimum atomic E-state index is -6.09. The molecule has 0 saturated heterocycles. The Kier molecular flexibility index (Phi) is 6.59. The maximum Gasteiger partial charge on any atom is 0.422 e. The van der Waals surface area contributed by atoms with E-state index in [1.54, 1.807) is 0 Å². The molecule has 4 nitrogen and oxygen atoms in total. The lowest BCUT2D eigenvalue weighted by atomic mass is 10.0. The molecule has 0 aromatic heterocycles. The lowest BCUT2D eigenvalue weighted by Crippen LogP contribution is -2.20. The summed E-state index contributed by atoms with van der Waals surface area (Å²) in [5.41, 5.74) is 1.34. The molecule has 0 aliphatic heterocycles. The molecule has 4 N–H and O–H groups in total. The average Bonchev–Trinajstić information content (AvgIpc) is 2.75. The van der Waals surface area contributed by atoms with Crippen LogP contribution in [0.1, 0.15) is 11.1 Å². The number of hydrogen-bond donors (Lipinski definition) is 2. The van der Waals surface area contributed by atoms with Gasteiger partial charge in [-0.05, 0) is 24.3 Å². The smallest absolute Gasteiger partial charge is 0.422 e. The molecule has 3 rings (SSSR count). The summed E-state index contributed by atoms with van der Waals surface area (Å²) < 4.78 is 175. The highest BCUT2D eigenvalue weighted by Gasteiger charge is 2.49. The van der Waals surface area contributed by atoms with Gasteiger partial charge in [0.15, 0.2) is 40.4 Å². The largest absolute Gasteiger partial charge is 0.450 e. The summed E-state index contributed by atoms with van der Waals surface area (Å²) in [5.74, 6) is -20.4. The number of anilines is 2. The minimum absolute atomic E-state index is 0.275. The lowest BCUT2D eigenvalue weighted by molar-refractivity contribution is -0.149. The minimum Gasteiger partial charge on any atom is -0.450 e. The van der Waals surface area contributed by atoms with Crippen molar-refractivity contribution >= 4 is 11.4 Å². The summed E-state index contributed by atoms with van der Waals surface area (Å²) in [6.07, 6.45) is -12.2. The van der Waals surface area contributed by atoms with Crippen LogP contribution in [0.15, 0.2) is 24.3 Å². The fraction of sp³-hybridized carbons (Fsp3) is 0.100. The molecule has 0 heterocycles. The van der Waals surface area contributed by atoms with Crippen molar-refractivity contribution in [2.45, 2.75) is 12.4 Å². The van der Waals surface area contributed by atoms with E-state index in [2.05, 4.69) is 9.47 Å². The third-order valence-electron chi connectivity index (χ3n) is 4.47. The highest BCUT2D eigenvalue weighted by molar-refractivity contribution is 5.57. The van der Waals surface area contributed by atoms with Crippen LogP contribution in [-0.4, -0.2) is 0 Å². The summed E-state index contributed by atoms with van der Waals surface area (Å²) in [6, 6.07) is 1.23. The van der Waals surface area contributed by atoms with E-state index in [-0.39, 0.29) is 12.1 Å². The molecule has 16 heteroatoms. The van der Waals surface area contributed by atoms with E-state index in [1.807, 2.05) is 0 Å². The van der Waals surface area contributed by atoms with Crippen LogP contribution in [0.3, 0.4) is 0 Å². The predicted molar refractivity (Wildman–Crippen MR) is 98.1 cm³/mol. The van der Waals surface area contributed by atoms with E-state index in [4.69, 9.17) is 11.5 Å². The van der Waals surface area contributed by atoms with Crippen LogP contribution in [0, 0.1) is 34.9 Å². The van der Waals surface area contributed by atoms with Gasteiger partial charge in [-0.15, -0.1) is 0 Å². The zero-order valence-electron chi connectivity index (χ0n) is 16.8. The number of benzene rings is 3. The van der Waals surface area contributed by atoms with Gasteiger partial charge in [-0.25, -0.2) is 22.0 Å². The van der Waals surface area contributed by atoms with Gasteiger partial charge in [0, 0.05) is 0 Å². The van der Waals surface area contributed by atoms with Crippen LogP contribution >= 0.6 is 0 Å². The Morgan fingerprint density at radius 3 is 1.14 bits per heavy atom. The SMILES string of the molecule is Nc1c(F)ccc(Oc2c(F)c(Oc3ccc(F)c(N)c3F)c(C(F)(F)F)c(F)c2C(F)(F)F)c1F. The van der Waals surface area contributed by atoms with Crippen LogP contribution in [0.5, 0.6) is 23.0 Å². The summed E-state index contributed by atoms with van der Waals surface area (Å²) in [7, 11) is 0. The van der Waals surface area contributed by atoms with Gasteiger partial charge < -0.3 is 20.9 Å². The summed E-state index contributed by atoms with van der Waals surface area (Å²) >= 11 is 0. The summed E-state index contributed by atoms with van der Waals surface area (Å²) in [5, 5.41) is 0. The fourth-order valence-electron chi connectivity index (χ4n) is 2.82. The van der Waals surface area contributed by atoms with E-state index in [0.717, 1.165) is 0 Å². The van der Waals surface area contributed by atoms with Crippen LogP contribution in [0.25, 0.3) is 0 Å². The Morgan fingerprint density at radius 1 is 0.500 bits per heavy atom. The number of hydrogen-bond acceptors (Lipinski definition) is 4. The molecular weight excluding hydrogens is 528 g/mol. The van der Waals surface area contributed by atoms with Crippen molar-refractivity contribution in [1.29, 1.82) is 0 Å². The van der Waals surface area contributed by atoms with Gasteiger partial charge in [0.1, 0.15) is 34.1 Å². The molecule has 0 bridgehead atoms. The predicted octanol–water partition coefficient (Wildman–Crippen LogP) is 7.31. The normalized spacial score (nSPS) is 12.1. The first-order valence-corrected chi connectivity index (χ1v) is 8.98. The molecule has 0 radical (unpaired) electrons. The van der Waals surface area contributed by atoms with E-state index in [9.17, 15) is 48.3 Å². The molecular formula is C20H8F12N2O2. The van der Waals surface area contributed by atoms with E-state index in [0.29, 0.717) is 12.1 Å². The second-order valence-corrected chi connectivity index (χ2v) is 6.78. The van der Waals surface area contributed by atoms with Crippen molar-refractivity contribution in [3.05, 3.63) is 70.3 Å². The van der Waals surface area contributed by atoms with E-state index < -0.39 is 92.8 Å². The number of rotatable bonds is 4. The third-order valence-corrected chi connectivity index (χ3v) is 4.47. The van der Waals surface area contributed by atoms with Crippen LogP contribution in [0.2, 0.25) is 0 Å². The molecule has 36 heavy (non-hydrogen) atoms. The zero-order valence-corrected chi connectivity index (χ0v) is 16.8. The molecule has 0 atom stereocenters. The van der Waals surface area contributed by atoms with E-state index in [1.165, 1.54) is 0 Å². The first-order chi connectivity index (χ1) is 16.5. The van der Waals surface area contributed by atoms with Crippen molar-refractivity contribution in [2.75, 3.05) is 11.5 Å². The molecule has 0 fully saturated rings. The molecule has 0 amide bonds. The van der Waals surface area contributed by atoms with E-state index >= 15 is 4.39 Å². The van der Waals surface area contributed by atoms with Gasteiger partial charge in [0.05, 0.1) is 0 Å². The van der Waals surface area contributed by atoms with Crippen molar-refractivity contribution < 1.29 is 62.2 Å². The van der Waals surface area contributed by atoms with Gasteiger partial charge in [-0.1, -0.05) is 0 Å². The Bertz CT molecular complexity index is 1250. The van der Waals surface area contributed by atoms with Gasteiger partial charge in [0.2, 0.25) is 5.82 Å². The maximum absolute atomic E-state index is 15.2. The molecule has 0 aliphatic carbocycles. The number of ether oxygens (including phenoxy) is 2. The molecule has 3 aromatic rings. The Hall–Kier alpha value is -3.98. The highest BCUT2D eigenvalue weighted by Crippen LogP contribution is 2.52. The van der Waals surface area contributed by atoms with Crippen molar-refractivity contribution in [1.82, 2.24) is 0 Å². The molecule has 0 aliphatic rings. The monoisotopic (exact) mass is 536 g/mol. The molecule has 3 aromatic carbocycles. The van der Waals surface area contributed by atoms with Gasteiger partial charge in [-0.2, -0.15) is 30.7 Å². The maximum atomic E-state index is 15.2. The van der Waals surface area contributed by atoms with Gasteiger partial charge in [0.25, 0.3) is 0 Å². The number of nitrogens with two attached hydrogens (primary N) is 2. The number of nitrogen functional groups attached to an aromatic ring is 2. The first kappa shape index (κ1) is 26.6. The fourth-order valence-corrected chi connectivity index (χ4v) is 2.82. The molecule has 0 saturated carbocycles. The van der Waals surface area contributed by atoms with Crippen molar-refractivity contribution in [2.24, 2.45) is 0 Å². The first-order valence-electron chi connectivity index (χ1n) is 8.98. The average molecular weight is 536 g/mol. The lowest BCUT2D eigenvalue weighted by Gasteiger charge is -2.22. The quantitative estimate of drug-likeness (QED) is 0.271. The highest BCUT2D eigenvalue weighted by atomic mass is 19.4. The molecule has 194 valence electrons. The summed E-state index contributed by atoms with van der Waals surface area (Å²) in [6.45, 7) is 0. The Morgan fingerprint density at radius 2 is 0.833 bits per heavy atom. The Balaban J connectivity index is 2.38. The topological polar surface area (TPSA) is 70.5 Å². The van der Waals surface area contributed by atoms with Gasteiger partial charge >= 0.3 is 12.4 Å².